The maximum Gasteiger partial charge on any atom is 0.335 e. The van der Waals surface area contributed by atoms with Gasteiger partial charge in [-0.2, -0.15) is 0 Å². The van der Waals surface area contributed by atoms with Gasteiger partial charge in [0.05, 0.1) is 18.4 Å². The van der Waals surface area contributed by atoms with Crippen molar-refractivity contribution >= 4 is 17.9 Å². The lowest BCUT2D eigenvalue weighted by Gasteiger charge is -2.57. The van der Waals surface area contributed by atoms with Gasteiger partial charge in [0, 0.05) is 6.21 Å². The van der Waals surface area contributed by atoms with E-state index in [1.54, 1.807) is 25.3 Å². The predicted molar refractivity (Wildman–Crippen MR) is 144 cm³/mol. The molecule has 0 atom stereocenters. The SMILES string of the molecule is COc1cc(C=Nc2ccc(C34CC5CC(CC(C5)C3)C4)cc2)ccc1OCc1cccc(C(=O)O)c1. The van der Waals surface area contributed by atoms with E-state index < -0.39 is 5.97 Å². The fraction of sp³-hybridized carbons (Fsp3) is 0.375. The van der Waals surface area contributed by atoms with Crippen LogP contribution in [0.2, 0.25) is 0 Å². The van der Waals surface area contributed by atoms with Gasteiger partial charge in [-0.25, -0.2) is 4.79 Å². The smallest absolute Gasteiger partial charge is 0.335 e. The third-order valence-electron chi connectivity index (χ3n) is 8.64. The van der Waals surface area contributed by atoms with Gasteiger partial charge < -0.3 is 14.6 Å². The highest BCUT2D eigenvalue weighted by Gasteiger charge is 2.51. The van der Waals surface area contributed by atoms with Crippen LogP contribution in [0.4, 0.5) is 5.69 Å². The third kappa shape index (κ3) is 4.87. The Morgan fingerprint density at radius 3 is 2.30 bits per heavy atom. The summed E-state index contributed by atoms with van der Waals surface area (Å²) >= 11 is 0. The summed E-state index contributed by atoms with van der Waals surface area (Å²) < 4.78 is 11.5. The molecule has 1 N–H and O–H groups in total. The van der Waals surface area contributed by atoms with E-state index in [1.165, 1.54) is 44.1 Å². The average Bonchev–Trinajstić information content (AvgIpc) is 2.90. The van der Waals surface area contributed by atoms with E-state index in [2.05, 4.69) is 24.3 Å². The van der Waals surface area contributed by atoms with Gasteiger partial charge >= 0.3 is 5.97 Å². The Hall–Kier alpha value is -3.60. The highest BCUT2D eigenvalue weighted by atomic mass is 16.5. The van der Waals surface area contributed by atoms with Crippen LogP contribution in [-0.4, -0.2) is 24.4 Å². The molecular formula is C32H33NO4. The van der Waals surface area contributed by atoms with E-state index in [1.807, 2.05) is 30.5 Å². The lowest BCUT2D eigenvalue weighted by molar-refractivity contribution is -0.00518. The fourth-order valence-corrected chi connectivity index (χ4v) is 7.35. The minimum absolute atomic E-state index is 0.241. The molecule has 0 unspecified atom stereocenters. The van der Waals surface area contributed by atoms with Crippen molar-refractivity contribution < 1.29 is 19.4 Å². The Labute approximate surface area is 218 Å². The number of carboxylic acids is 1. The van der Waals surface area contributed by atoms with Crippen LogP contribution in [0.1, 0.15) is 65.6 Å². The van der Waals surface area contributed by atoms with Gasteiger partial charge in [0.25, 0.3) is 0 Å². The van der Waals surface area contributed by atoms with Crippen molar-refractivity contribution in [3.05, 3.63) is 89.0 Å². The average molecular weight is 496 g/mol. The third-order valence-corrected chi connectivity index (χ3v) is 8.64. The number of nitrogens with zero attached hydrogens (tertiary/aromatic N) is 1. The Balaban J connectivity index is 1.12. The zero-order valence-corrected chi connectivity index (χ0v) is 21.2. The van der Waals surface area contributed by atoms with Crippen LogP contribution in [0.5, 0.6) is 11.5 Å². The first-order chi connectivity index (χ1) is 18.0. The summed E-state index contributed by atoms with van der Waals surface area (Å²) in [6.07, 6.45) is 10.4. The Kier molecular flexibility index (Phi) is 6.23. The number of aliphatic imine (C=N–C) groups is 1. The van der Waals surface area contributed by atoms with Gasteiger partial charge in [-0.05, 0) is 121 Å². The van der Waals surface area contributed by atoms with Gasteiger partial charge in [-0.3, -0.25) is 4.99 Å². The molecule has 0 amide bonds. The van der Waals surface area contributed by atoms with Crippen LogP contribution in [-0.2, 0) is 12.0 Å². The van der Waals surface area contributed by atoms with Gasteiger partial charge in [0.1, 0.15) is 6.61 Å². The van der Waals surface area contributed by atoms with Crippen LogP contribution >= 0.6 is 0 Å². The molecule has 0 saturated heterocycles. The summed E-state index contributed by atoms with van der Waals surface area (Å²) in [7, 11) is 1.61. The van der Waals surface area contributed by atoms with E-state index in [4.69, 9.17) is 14.5 Å². The number of methoxy groups -OCH3 is 1. The van der Waals surface area contributed by atoms with Crippen molar-refractivity contribution in [1.82, 2.24) is 0 Å². The summed E-state index contributed by atoms with van der Waals surface area (Å²) in [5.41, 5.74) is 4.82. The molecule has 0 aliphatic heterocycles. The predicted octanol–water partition coefficient (Wildman–Crippen LogP) is 7.19. The minimum Gasteiger partial charge on any atom is -0.493 e. The minimum atomic E-state index is -0.953. The molecule has 5 heteroatoms. The number of benzene rings is 3. The maximum absolute atomic E-state index is 11.2. The van der Waals surface area contributed by atoms with Crippen molar-refractivity contribution in [3.8, 4) is 11.5 Å². The summed E-state index contributed by atoms with van der Waals surface area (Å²) in [4.78, 5) is 15.9. The molecule has 4 aliphatic rings. The summed E-state index contributed by atoms with van der Waals surface area (Å²) in [6.45, 7) is 0.251. The van der Waals surface area contributed by atoms with Crippen molar-refractivity contribution in [2.45, 2.75) is 50.5 Å². The highest BCUT2D eigenvalue weighted by Crippen LogP contribution is 2.60. The first-order valence-corrected chi connectivity index (χ1v) is 13.3. The van der Waals surface area contributed by atoms with Crippen molar-refractivity contribution in [2.75, 3.05) is 7.11 Å². The molecular weight excluding hydrogens is 462 g/mol. The van der Waals surface area contributed by atoms with Crippen LogP contribution in [0.3, 0.4) is 0 Å². The van der Waals surface area contributed by atoms with Crippen LogP contribution < -0.4 is 9.47 Å². The molecule has 3 aromatic rings. The molecule has 0 heterocycles. The highest BCUT2D eigenvalue weighted by molar-refractivity contribution is 5.87. The molecule has 37 heavy (non-hydrogen) atoms. The van der Waals surface area contributed by atoms with Crippen LogP contribution in [0.25, 0.3) is 0 Å². The molecule has 4 fully saturated rings. The molecule has 0 aromatic heterocycles. The second kappa shape index (κ2) is 9.70. The molecule has 4 bridgehead atoms. The Morgan fingerprint density at radius 2 is 1.65 bits per heavy atom. The molecule has 0 spiro atoms. The van der Waals surface area contributed by atoms with Crippen molar-refractivity contribution in [2.24, 2.45) is 22.7 Å². The summed E-state index contributed by atoms with van der Waals surface area (Å²) in [5, 5.41) is 9.19. The van der Waals surface area contributed by atoms with E-state index >= 15 is 0 Å². The van der Waals surface area contributed by atoms with Gasteiger partial charge in [-0.15, -0.1) is 0 Å². The van der Waals surface area contributed by atoms with Crippen molar-refractivity contribution in [3.63, 3.8) is 0 Å². The number of aromatic carboxylic acids is 1. The zero-order chi connectivity index (χ0) is 25.4. The summed E-state index contributed by atoms with van der Waals surface area (Å²) in [5.74, 6) is 3.09. The Bertz CT molecular complexity index is 1290. The van der Waals surface area contributed by atoms with E-state index in [0.717, 1.165) is 34.6 Å². The first kappa shape index (κ1) is 23.8. The number of hydrogen-bond acceptors (Lipinski definition) is 4. The first-order valence-electron chi connectivity index (χ1n) is 13.3. The normalized spacial score (nSPS) is 25.9. The maximum atomic E-state index is 11.2. The zero-order valence-electron chi connectivity index (χ0n) is 21.2. The van der Waals surface area contributed by atoms with E-state index in [0.29, 0.717) is 16.9 Å². The molecule has 190 valence electrons. The van der Waals surface area contributed by atoms with Gasteiger partial charge in [0.2, 0.25) is 0 Å². The lowest BCUT2D eigenvalue weighted by atomic mass is 9.48. The second-order valence-corrected chi connectivity index (χ2v) is 11.2. The molecule has 7 rings (SSSR count). The molecule has 4 aliphatic carbocycles. The molecule has 4 saturated carbocycles. The van der Waals surface area contributed by atoms with Gasteiger partial charge in [-0.1, -0.05) is 24.3 Å². The molecule has 3 aromatic carbocycles. The molecule has 0 radical (unpaired) electrons. The number of ether oxygens (including phenoxy) is 2. The topological polar surface area (TPSA) is 68.1 Å². The van der Waals surface area contributed by atoms with Gasteiger partial charge in [0.15, 0.2) is 11.5 Å². The largest absolute Gasteiger partial charge is 0.493 e. The van der Waals surface area contributed by atoms with Crippen LogP contribution in [0, 0.1) is 17.8 Å². The second-order valence-electron chi connectivity index (χ2n) is 11.2. The molecule has 5 nitrogen and oxygen atoms in total. The quantitative estimate of drug-likeness (QED) is 0.336. The standard InChI is InChI=1S/C32H33NO4/c1-36-30-15-21(5-10-29(30)37-20-22-3-2-4-26(14-22)31(34)35)19-33-28-8-6-27(7-9-28)32-16-23-11-24(17-32)13-25(12-23)18-32/h2-10,14-15,19,23-25H,11-13,16-18,20H2,1H3,(H,34,35). The lowest BCUT2D eigenvalue weighted by Crippen LogP contribution is -2.48. The fourth-order valence-electron chi connectivity index (χ4n) is 7.35. The number of rotatable bonds is 8. The Morgan fingerprint density at radius 1 is 0.946 bits per heavy atom. The number of hydrogen-bond donors (Lipinski definition) is 1. The monoisotopic (exact) mass is 495 g/mol. The number of carbonyl (C=O) groups is 1. The van der Waals surface area contributed by atoms with E-state index in [9.17, 15) is 9.90 Å². The van der Waals surface area contributed by atoms with Crippen LogP contribution in [0.15, 0.2) is 71.7 Å². The van der Waals surface area contributed by atoms with Crippen molar-refractivity contribution in [1.29, 1.82) is 0 Å². The van der Waals surface area contributed by atoms with E-state index in [-0.39, 0.29) is 12.2 Å². The summed E-state index contributed by atoms with van der Waals surface area (Å²) in [6, 6.07) is 21.4. The number of carboxylic acid groups (broad SMARTS) is 1.